The van der Waals surface area contributed by atoms with Crippen LogP contribution in [0.4, 0.5) is 0 Å². The summed E-state index contributed by atoms with van der Waals surface area (Å²) >= 11 is 3.34. The summed E-state index contributed by atoms with van der Waals surface area (Å²) in [7, 11) is 2.15. The molecule has 3 nitrogen and oxygen atoms in total. The van der Waals surface area contributed by atoms with Gasteiger partial charge in [-0.3, -0.25) is 0 Å². The molecule has 0 aliphatic carbocycles. The summed E-state index contributed by atoms with van der Waals surface area (Å²) in [5, 5.41) is 0. The van der Waals surface area contributed by atoms with E-state index in [0.717, 1.165) is 23.4 Å². The van der Waals surface area contributed by atoms with Gasteiger partial charge in [-0.25, -0.2) is 4.98 Å². The summed E-state index contributed by atoms with van der Waals surface area (Å²) in [6, 6.07) is 3.83. The topological polar surface area (TPSA) is 25.4 Å². The molecule has 1 aromatic rings. The molecule has 0 N–H and O–H groups in total. The second-order valence-corrected chi connectivity index (χ2v) is 4.95. The maximum absolute atomic E-state index is 5.55. The van der Waals surface area contributed by atoms with Gasteiger partial charge in [0, 0.05) is 29.8 Å². The van der Waals surface area contributed by atoms with Gasteiger partial charge in [-0.2, -0.15) is 0 Å². The zero-order chi connectivity index (χ0) is 10.7. The van der Waals surface area contributed by atoms with Gasteiger partial charge in [0.15, 0.2) is 0 Å². The Bertz CT molecular complexity index is 309. The first-order valence-electron chi connectivity index (χ1n) is 5.17. The van der Waals surface area contributed by atoms with Crippen LogP contribution in [-0.2, 0) is 0 Å². The van der Waals surface area contributed by atoms with Crippen LogP contribution in [0.2, 0.25) is 0 Å². The fraction of sp³-hybridized carbons (Fsp3) is 0.545. The number of likely N-dealkylation sites (tertiary alicyclic amines) is 1. The molecule has 1 fully saturated rings. The molecule has 0 atom stereocenters. The average Bonchev–Trinajstić information content (AvgIpc) is 2.18. The highest BCUT2D eigenvalue weighted by molar-refractivity contribution is 9.10. The quantitative estimate of drug-likeness (QED) is 0.839. The van der Waals surface area contributed by atoms with Gasteiger partial charge in [0.2, 0.25) is 5.88 Å². The smallest absolute Gasteiger partial charge is 0.213 e. The van der Waals surface area contributed by atoms with E-state index in [2.05, 4.69) is 32.9 Å². The highest BCUT2D eigenvalue weighted by Crippen LogP contribution is 2.17. The van der Waals surface area contributed by atoms with Gasteiger partial charge in [-0.15, -0.1) is 0 Å². The fourth-order valence-electron chi connectivity index (χ4n) is 1.79. The summed E-state index contributed by atoms with van der Waals surface area (Å²) in [6.07, 6.45) is 2.88. The Morgan fingerprint density at radius 1 is 1.53 bits per heavy atom. The molecule has 15 heavy (non-hydrogen) atoms. The third-order valence-electron chi connectivity index (χ3n) is 2.62. The highest BCUT2D eigenvalue weighted by Gasteiger charge is 2.22. The van der Waals surface area contributed by atoms with Crippen LogP contribution in [-0.4, -0.2) is 36.6 Å². The van der Waals surface area contributed by atoms with E-state index in [-0.39, 0.29) is 0 Å². The first-order valence-corrected chi connectivity index (χ1v) is 5.96. The Labute approximate surface area is 98.6 Å². The number of hydrogen-bond donors (Lipinski definition) is 0. The average molecular weight is 271 g/mol. The van der Waals surface area contributed by atoms with Crippen LogP contribution in [0.15, 0.2) is 22.8 Å². The van der Waals surface area contributed by atoms with Crippen LogP contribution < -0.4 is 4.74 Å². The molecule has 0 aromatic carbocycles. The van der Waals surface area contributed by atoms with E-state index in [9.17, 15) is 0 Å². The summed E-state index contributed by atoms with van der Waals surface area (Å²) in [6.45, 7) is 3.18. The number of hydrogen-bond acceptors (Lipinski definition) is 3. The maximum Gasteiger partial charge on any atom is 0.213 e. The Hall–Kier alpha value is -0.610. The number of pyridine rings is 1. The van der Waals surface area contributed by atoms with Crippen molar-refractivity contribution in [3.63, 3.8) is 0 Å². The molecule has 0 unspecified atom stereocenters. The van der Waals surface area contributed by atoms with Crippen molar-refractivity contribution in [1.29, 1.82) is 0 Å². The van der Waals surface area contributed by atoms with Crippen LogP contribution in [0, 0.1) is 5.92 Å². The van der Waals surface area contributed by atoms with Crippen molar-refractivity contribution < 1.29 is 4.74 Å². The van der Waals surface area contributed by atoms with Crippen molar-refractivity contribution in [2.75, 3.05) is 26.7 Å². The molecule has 1 saturated heterocycles. The summed E-state index contributed by atoms with van der Waals surface area (Å²) in [5.41, 5.74) is 0. The predicted molar refractivity (Wildman–Crippen MR) is 63.0 cm³/mol. The number of rotatable bonds is 4. The summed E-state index contributed by atoms with van der Waals surface area (Å²) in [5.74, 6) is 1.52. The van der Waals surface area contributed by atoms with E-state index in [1.54, 1.807) is 6.20 Å². The minimum atomic E-state index is 0.714. The minimum absolute atomic E-state index is 0.714. The van der Waals surface area contributed by atoms with Crippen LogP contribution in [0.25, 0.3) is 0 Å². The molecule has 0 spiro atoms. The van der Waals surface area contributed by atoms with Crippen LogP contribution in [0.5, 0.6) is 5.88 Å². The van der Waals surface area contributed by atoms with Gasteiger partial charge >= 0.3 is 0 Å². The van der Waals surface area contributed by atoms with Crippen molar-refractivity contribution in [2.45, 2.75) is 6.42 Å². The van der Waals surface area contributed by atoms with Crippen molar-refractivity contribution >= 4 is 15.9 Å². The Morgan fingerprint density at radius 3 is 2.93 bits per heavy atom. The van der Waals surface area contributed by atoms with Crippen molar-refractivity contribution in [3.8, 4) is 5.88 Å². The van der Waals surface area contributed by atoms with E-state index in [1.165, 1.54) is 13.1 Å². The lowest BCUT2D eigenvalue weighted by Crippen LogP contribution is -2.44. The molecule has 0 bridgehead atoms. The van der Waals surface area contributed by atoms with E-state index >= 15 is 0 Å². The SMILES string of the molecule is CN1CC(CCOc2ccc(Br)cn2)C1. The molecule has 0 radical (unpaired) electrons. The van der Waals surface area contributed by atoms with Crippen LogP contribution >= 0.6 is 15.9 Å². The third kappa shape index (κ3) is 3.18. The first kappa shape index (κ1) is 10.9. The van der Waals surface area contributed by atoms with Crippen molar-refractivity contribution in [3.05, 3.63) is 22.8 Å². The molecular weight excluding hydrogens is 256 g/mol. The molecule has 82 valence electrons. The standard InChI is InChI=1S/C11H15BrN2O/c1-14-7-9(8-14)4-5-15-11-3-2-10(12)6-13-11/h2-3,6,9H,4-5,7-8H2,1H3. The van der Waals surface area contributed by atoms with Crippen LogP contribution in [0.1, 0.15) is 6.42 Å². The monoisotopic (exact) mass is 270 g/mol. The molecule has 0 amide bonds. The van der Waals surface area contributed by atoms with Gasteiger partial charge in [-0.05, 0) is 41.4 Å². The first-order chi connectivity index (χ1) is 7.24. The molecule has 0 saturated carbocycles. The third-order valence-corrected chi connectivity index (χ3v) is 3.09. The lowest BCUT2D eigenvalue weighted by Gasteiger charge is -2.36. The summed E-state index contributed by atoms with van der Waals surface area (Å²) in [4.78, 5) is 6.48. The molecule has 2 rings (SSSR count). The Morgan fingerprint density at radius 2 is 2.33 bits per heavy atom. The zero-order valence-electron chi connectivity index (χ0n) is 8.82. The summed E-state index contributed by atoms with van der Waals surface area (Å²) < 4.78 is 6.53. The maximum atomic E-state index is 5.55. The Balaban J connectivity index is 1.67. The van der Waals surface area contributed by atoms with Gasteiger partial charge < -0.3 is 9.64 Å². The van der Waals surface area contributed by atoms with Gasteiger partial charge in [-0.1, -0.05) is 0 Å². The second kappa shape index (κ2) is 4.94. The fourth-order valence-corrected chi connectivity index (χ4v) is 2.02. The van der Waals surface area contributed by atoms with Gasteiger partial charge in [0.1, 0.15) is 0 Å². The number of halogens is 1. The molecular formula is C11H15BrN2O. The van der Waals surface area contributed by atoms with Gasteiger partial charge in [0.25, 0.3) is 0 Å². The normalized spacial score (nSPS) is 17.5. The molecule has 1 aliphatic rings. The molecule has 2 heterocycles. The van der Waals surface area contributed by atoms with Crippen LogP contribution in [0.3, 0.4) is 0 Å². The zero-order valence-corrected chi connectivity index (χ0v) is 10.4. The molecule has 1 aliphatic heterocycles. The number of aromatic nitrogens is 1. The Kier molecular flexibility index (Phi) is 3.59. The van der Waals surface area contributed by atoms with E-state index < -0.39 is 0 Å². The molecule has 4 heteroatoms. The van der Waals surface area contributed by atoms with Crippen molar-refractivity contribution in [1.82, 2.24) is 9.88 Å². The van der Waals surface area contributed by atoms with E-state index in [1.807, 2.05) is 12.1 Å². The lowest BCUT2D eigenvalue weighted by molar-refractivity contribution is 0.110. The minimum Gasteiger partial charge on any atom is -0.478 e. The van der Waals surface area contributed by atoms with E-state index in [4.69, 9.17) is 4.74 Å². The number of ether oxygens (including phenoxy) is 1. The highest BCUT2D eigenvalue weighted by atomic mass is 79.9. The van der Waals surface area contributed by atoms with E-state index in [0.29, 0.717) is 5.88 Å². The lowest BCUT2D eigenvalue weighted by atomic mass is 9.98. The number of nitrogens with zero attached hydrogens (tertiary/aromatic N) is 2. The van der Waals surface area contributed by atoms with Crippen molar-refractivity contribution in [2.24, 2.45) is 5.92 Å². The predicted octanol–water partition coefficient (Wildman–Crippen LogP) is 2.17. The second-order valence-electron chi connectivity index (χ2n) is 4.04. The largest absolute Gasteiger partial charge is 0.478 e. The van der Waals surface area contributed by atoms with Gasteiger partial charge in [0.05, 0.1) is 6.61 Å². The molecule has 1 aromatic heterocycles.